The number of hydrogen-bond acceptors (Lipinski definition) is 4. The lowest BCUT2D eigenvalue weighted by Crippen LogP contribution is -2.41. The highest BCUT2D eigenvalue weighted by Gasteiger charge is 2.17. The molecule has 1 aliphatic heterocycles. The van der Waals surface area contributed by atoms with Gasteiger partial charge in [0.1, 0.15) is 0 Å². The van der Waals surface area contributed by atoms with Crippen LogP contribution >= 0.6 is 0 Å². The van der Waals surface area contributed by atoms with Gasteiger partial charge in [0.2, 0.25) is 17.7 Å². The molecule has 1 amide bonds. The SMILES string of the molecule is CC/C(=C(/c1ccc(OCCCC/C=C/C(=O)N2CCC2)nc1)c1ccc2n[nH]c(F)c2c1)c1ccccc1. The van der Waals surface area contributed by atoms with Crippen LogP contribution in [0.4, 0.5) is 4.39 Å². The van der Waals surface area contributed by atoms with Crippen LogP contribution in [0.1, 0.15) is 55.7 Å². The molecule has 7 heteroatoms. The zero-order valence-corrected chi connectivity index (χ0v) is 22.2. The molecular formula is C32H33FN4O2. The Bertz CT molecular complexity index is 1470. The van der Waals surface area contributed by atoms with Gasteiger partial charge in [0.25, 0.3) is 0 Å². The highest BCUT2D eigenvalue weighted by molar-refractivity contribution is 6.00. The maximum Gasteiger partial charge on any atom is 0.246 e. The van der Waals surface area contributed by atoms with Crippen LogP contribution in [-0.4, -0.2) is 45.7 Å². The van der Waals surface area contributed by atoms with Crippen molar-refractivity contribution in [1.82, 2.24) is 20.1 Å². The molecule has 1 saturated heterocycles. The molecule has 2 aromatic carbocycles. The number of carbonyl (C=O) groups excluding carboxylic acids is 1. The van der Waals surface area contributed by atoms with E-state index in [1.165, 1.54) is 0 Å². The lowest BCUT2D eigenvalue weighted by molar-refractivity contribution is -0.129. The molecule has 200 valence electrons. The molecule has 1 fully saturated rings. The topological polar surface area (TPSA) is 71.1 Å². The quantitative estimate of drug-likeness (QED) is 0.133. The van der Waals surface area contributed by atoms with E-state index in [-0.39, 0.29) is 5.91 Å². The number of fused-ring (bicyclic) bond motifs is 1. The lowest BCUT2D eigenvalue weighted by atomic mass is 9.88. The molecular weight excluding hydrogens is 491 g/mol. The first-order chi connectivity index (χ1) is 19.1. The second-order valence-corrected chi connectivity index (χ2v) is 9.65. The Labute approximate surface area is 228 Å². The summed E-state index contributed by atoms with van der Waals surface area (Å²) in [4.78, 5) is 18.3. The summed E-state index contributed by atoms with van der Waals surface area (Å²) in [5.74, 6) is 0.239. The highest BCUT2D eigenvalue weighted by atomic mass is 19.1. The van der Waals surface area contributed by atoms with Gasteiger partial charge in [0.05, 0.1) is 17.5 Å². The molecule has 6 nitrogen and oxygen atoms in total. The summed E-state index contributed by atoms with van der Waals surface area (Å²) in [6.07, 6.45) is 10.0. The average molecular weight is 525 g/mol. The predicted molar refractivity (Wildman–Crippen MR) is 153 cm³/mol. The first-order valence-electron chi connectivity index (χ1n) is 13.6. The van der Waals surface area contributed by atoms with Gasteiger partial charge in [-0.2, -0.15) is 9.49 Å². The van der Waals surface area contributed by atoms with Crippen molar-refractivity contribution < 1.29 is 13.9 Å². The van der Waals surface area contributed by atoms with Gasteiger partial charge in [-0.15, -0.1) is 0 Å². The van der Waals surface area contributed by atoms with Crippen molar-refractivity contribution in [1.29, 1.82) is 0 Å². The second kappa shape index (κ2) is 12.5. The number of benzene rings is 2. The summed E-state index contributed by atoms with van der Waals surface area (Å²) in [7, 11) is 0. The van der Waals surface area contributed by atoms with E-state index in [4.69, 9.17) is 4.74 Å². The summed E-state index contributed by atoms with van der Waals surface area (Å²) in [6, 6.07) is 19.8. The molecule has 5 rings (SSSR count). The number of pyridine rings is 1. The second-order valence-electron chi connectivity index (χ2n) is 9.65. The van der Waals surface area contributed by atoms with Crippen molar-refractivity contribution in [3.63, 3.8) is 0 Å². The van der Waals surface area contributed by atoms with Crippen LogP contribution in [0.3, 0.4) is 0 Å². The lowest BCUT2D eigenvalue weighted by Gasteiger charge is -2.29. The van der Waals surface area contributed by atoms with E-state index in [0.717, 1.165) is 73.0 Å². The number of halogens is 1. The number of amides is 1. The summed E-state index contributed by atoms with van der Waals surface area (Å²) in [5.41, 5.74) is 5.69. The number of aromatic nitrogens is 3. The van der Waals surface area contributed by atoms with Crippen LogP contribution in [0.5, 0.6) is 5.88 Å². The van der Waals surface area contributed by atoms with Crippen molar-refractivity contribution in [3.05, 3.63) is 102 Å². The number of aromatic amines is 1. The molecule has 1 N–H and O–H groups in total. The Balaban J connectivity index is 1.29. The number of hydrogen-bond donors (Lipinski definition) is 1. The summed E-state index contributed by atoms with van der Waals surface area (Å²) in [5, 5.41) is 6.92. The Morgan fingerprint density at radius 3 is 2.59 bits per heavy atom. The fourth-order valence-corrected chi connectivity index (χ4v) is 4.79. The first-order valence-corrected chi connectivity index (χ1v) is 13.6. The predicted octanol–water partition coefficient (Wildman–Crippen LogP) is 6.80. The number of rotatable bonds is 11. The van der Waals surface area contributed by atoms with Crippen LogP contribution in [0, 0.1) is 5.95 Å². The smallest absolute Gasteiger partial charge is 0.246 e. The molecule has 0 saturated carbocycles. The number of nitrogens with zero attached hydrogens (tertiary/aromatic N) is 3. The standard InChI is InChI=1S/C32H33FN4O2/c1-2-26(23-11-6-5-7-12-23)31(24-14-16-28-27(21-24)32(33)36-35-28)25-15-17-29(34-22-25)39-20-9-4-3-8-13-30(38)37-18-10-19-37/h5-8,11-17,21-22H,2-4,9-10,18-20H2,1H3,(H,35,36)/b13-8+,31-26-. The molecule has 3 heterocycles. The molecule has 0 atom stereocenters. The van der Waals surface area contributed by atoms with Gasteiger partial charge in [-0.05, 0) is 78.7 Å². The molecule has 4 aromatic rings. The fraction of sp³-hybridized carbons (Fsp3) is 0.281. The Morgan fingerprint density at radius 2 is 1.87 bits per heavy atom. The Kier molecular flexibility index (Phi) is 8.46. The van der Waals surface area contributed by atoms with E-state index in [2.05, 4.69) is 34.2 Å². The zero-order chi connectivity index (χ0) is 27.0. The number of ether oxygens (including phenoxy) is 1. The summed E-state index contributed by atoms with van der Waals surface area (Å²) >= 11 is 0. The molecule has 0 radical (unpaired) electrons. The van der Waals surface area contributed by atoms with Crippen molar-refractivity contribution in [3.8, 4) is 5.88 Å². The van der Waals surface area contributed by atoms with Gasteiger partial charge in [-0.25, -0.2) is 4.98 Å². The Morgan fingerprint density at radius 1 is 1.05 bits per heavy atom. The van der Waals surface area contributed by atoms with Crippen LogP contribution < -0.4 is 4.74 Å². The van der Waals surface area contributed by atoms with Crippen molar-refractivity contribution in [2.45, 2.75) is 39.0 Å². The van der Waals surface area contributed by atoms with E-state index in [1.807, 2.05) is 65.7 Å². The van der Waals surface area contributed by atoms with Gasteiger partial charge in [-0.3, -0.25) is 9.89 Å². The molecule has 0 aliphatic carbocycles. The van der Waals surface area contributed by atoms with Gasteiger partial charge in [0, 0.05) is 30.9 Å². The van der Waals surface area contributed by atoms with E-state index >= 15 is 0 Å². The first kappa shape index (κ1) is 26.4. The molecule has 0 unspecified atom stereocenters. The van der Waals surface area contributed by atoms with Crippen LogP contribution in [-0.2, 0) is 4.79 Å². The number of H-pyrrole nitrogens is 1. The molecule has 2 aromatic heterocycles. The minimum absolute atomic E-state index is 0.114. The van der Waals surface area contributed by atoms with Gasteiger partial charge >= 0.3 is 0 Å². The molecule has 0 bridgehead atoms. The third kappa shape index (κ3) is 6.25. The number of allylic oxidation sites excluding steroid dienone is 2. The Hall–Kier alpha value is -4.26. The van der Waals surface area contributed by atoms with E-state index < -0.39 is 5.95 Å². The molecule has 0 spiro atoms. The molecule has 1 aliphatic rings. The third-order valence-corrected chi connectivity index (χ3v) is 7.04. The van der Waals surface area contributed by atoms with Gasteiger partial charge in [0.15, 0.2) is 0 Å². The number of carbonyl (C=O) groups is 1. The third-order valence-electron chi connectivity index (χ3n) is 7.04. The van der Waals surface area contributed by atoms with Crippen LogP contribution in [0.25, 0.3) is 22.0 Å². The van der Waals surface area contributed by atoms with Crippen molar-refractivity contribution in [2.75, 3.05) is 19.7 Å². The normalized spacial score (nSPS) is 13.9. The highest BCUT2D eigenvalue weighted by Crippen LogP contribution is 2.35. The van der Waals surface area contributed by atoms with Crippen LogP contribution in [0.15, 0.2) is 79.0 Å². The largest absolute Gasteiger partial charge is 0.478 e. The number of likely N-dealkylation sites (tertiary alicyclic amines) is 1. The van der Waals surface area contributed by atoms with Gasteiger partial charge < -0.3 is 9.64 Å². The average Bonchev–Trinajstić information content (AvgIpc) is 3.31. The zero-order valence-electron chi connectivity index (χ0n) is 22.2. The van der Waals surface area contributed by atoms with E-state index in [9.17, 15) is 9.18 Å². The molecule has 39 heavy (non-hydrogen) atoms. The summed E-state index contributed by atoms with van der Waals surface area (Å²) < 4.78 is 20.3. The maximum atomic E-state index is 14.4. The minimum Gasteiger partial charge on any atom is -0.478 e. The fourth-order valence-electron chi connectivity index (χ4n) is 4.79. The van der Waals surface area contributed by atoms with Gasteiger partial charge in [-0.1, -0.05) is 49.4 Å². The van der Waals surface area contributed by atoms with Crippen molar-refractivity contribution >= 4 is 28.0 Å². The van der Waals surface area contributed by atoms with E-state index in [0.29, 0.717) is 23.4 Å². The number of unbranched alkanes of at least 4 members (excludes halogenated alkanes) is 2. The summed E-state index contributed by atoms with van der Waals surface area (Å²) in [6.45, 7) is 4.44. The van der Waals surface area contributed by atoms with Crippen LogP contribution in [0.2, 0.25) is 0 Å². The number of nitrogens with one attached hydrogen (secondary N) is 1. The maximum absolute atomic E-state index is 14.4. The van der Waals surface area contributed by atoms with E-state index in [1.54, 1.807) is 6.08 Å². The van der Waals surface area contributed by atoms with Crippen molar-refractivity contribution in [2.24, 2.45) is 0 Å². The minimum atomic E-state index is -0.441. The monoisotopic (exact) mass is 524 g/mol.